The summed E-state index contributed by atoms with van der Waals surface area (Å²) >= 11 is 0. The SMILES string of the molecule is CC(C)NC(=O)c1nn(-c2ccc(F)cc2)c(/C=C/[C@@H](O)C[C@@H](O)CC(=O)O)c1C(C)C. The summed E-state index contributed by atoms with van der Waals surface area (Å²) in [5, 5.41) is 36.1. The fourth-order valence-corrected chi connectivity index (χ4v) is 3.29. The molecule has 1 aromatic carbocycles. The van der Waals surface area contributed by atoms with Crippen molar-refractivity contribution in [2.75, 3.05) is 0 Å². The molecule has 0 saturated carbocycles. The normalized spacial score (nSPS) is 13.7. The van der Waals surface area contributed by atoms with Gasteiger partial charge in [0, 0.05) is 18.0 Å². The highest BCUT2D eigenvalue weighted by Crippen LogP contribution is 2.28. The van der Waals surface area contributed by atoms with Gasteiger partial charge in [0.1, 0.15) is 5.82 Å². The molecule has 2 aromatic rings. The fraction of sp³-hybridized carbons (Fsp3) is 0.435. The Bertz CT molecular complexity index is 967. The first-order valence-electron chi connectivity index (χ1n) is 10.4. The number of aromatic nitrogens is 2. The Labute approximate surface area is 186 Å². The van der Waals surface area contributed by atoms with Crippen LogP contribution in [0.25, 0.3) is 11.8 Å². The highest BCUT2D eigenvalue weighted by atomic mass is 19.1. The van der Waals surface area contributed by atoms with E-state index in [1.807, 2.05) is 27.7 Å². The zero-order valence-electron chi connectivity index (χ0n) is 18.6. The van der Waals surface area contributed by atoms with Gasteiger partial charge >= 0.3 is 5.97 Å². The first-order valence-corrected chi connectivity index (χ1v) is 10.4. The number of aliphatic carboxylic acids is 1. The number of benzene rings is 1. The fourth-order valence-electron chi connectivity index (χ4n) is 3.29. The van der Waals surface area contributed by atoms with Gasteiger partial charge in [-0.2, -0.15) is 5.10 Å². The van der Waals surface area contributed by atoms with Gasteiger partial charge in [-0.25, -0.2) is 9.07 Å². The molecular formula is C23H30FN3O5. The van der Waals surface area contributed by atoms with E-state index in [-0.39, 0.29) is 30.0 Å². The van der Waals surface area contributed by atoms with Gasteiger partial charge in [0.25, 0.3) is 5.91 Å². The molecule has 1 heterocycles. The second kappa shape index (κ2) is 11.0. The van der Waals surface area contributed by atoms with Crippen molar-refractivity contribution in [3.05, 3.63) is 53.1 Å². The lowest BCUT2D eigenvalue weighted by atomic mass is 9.98. The number of nitrogens with one attached hydrogen (secondary N) is 1. The monoisotopic (exact) mass is 447 g/mol. The van der Waals surface area contributed by atoms with Crippen LogP contribution in [-0.4, -0.2) is 55.2 Å². The summed E-state index contributed by atoms with van der Waals surface area (Å²) in [4.78, 5) is 23.5. The Hall–Kier alpha value is -3.04. The van der Waals surface area contributed by atoms with E-state index in [9.17, 15) is 24.2 Å². The van der Waals surface area contributed by atoms with E-state index in [0.717, 1.165) is 0 Å². The zero-order chi connectivity index (χ0) is 24.0. The maximum Gasteiger partial charge on any atom is 0.305 e. The summed E-state index contributed by atoms with van der Waals surface area (Å²) < 4.78 is 14.9. The lowest BCUT2D eigenvalue weighted by molar-refractivity contribution is -0.139. The number of carbonyl (C=O) groups excluding carboxylic acids is 1. The van der Waals surface area contributed by atoms with Gasteiger partial charge in [-0.1, -0.05) is 19.9 Å². The number of halogens is 1. The van der Waals surface area contributed by atoms with Gasteiger partial charge in [0.15, 0.2) is 5.69 Å². The van der Waals surface area contributed by atoms with E-state index in [4.69, 9.17) is 5.11 Å². The lowest BCUT2D eigenvalue weighted by Gasteiger charge is -2.12. The topological polar surface area (TPSA) is 125 Å². The third-order valence-electron chi connectivity index (χ3n) is 4.64. The van der Waals surface area contributed by atoms with Crippen LogP contribution >= 0.6 is 0 Å². The first-order chi connectivity index (χ1) is 15.0. The molecule has 4 N–H and O–H groups in total. The van der Waals surface area contributed by atoms with Gasteiger partial charge in [0.2, 0.25) is 0 Å². The maximum atomic E-state index is 13.4. The number of amides is 1. The van der Waals surface area contributed by atoms with Crippen molar-refractivity contribution in [3.8, 4) is 5.69 Å². The Balaban J connectivity index is 2.51. The molecule has 32 heavy (non-hydrogen) atoms. The average molecular weight is 448 g/mol. The summed E-state index contributed by atoms with van der Waals surface area (Å²) in [6.07, 6.45) is 0.0362. The molecule has 0 aliphatic rings. The average Bonchev–Trinajstić information content (AvgIpc) is 3.05. The van der Waals surface area contributed by atoms with Crippen molar-refractivity contribution < 1.29 is 29.3 Å². The summed E-state index contributed by atoms with van der Waals surface area (Å²) in [6, 6.07) is 5.52. The Kier molecular flexibility index (Phi) is 8.68. The quantitative estimate of drug-likeness (QED) is 0.444. The number of rotatable bonds is 10. The van der Waals surface area contributed by atoms with Gasteiger partial charge in [0.05, 0.1) is 30.0 Å². The highest BCUT2D eigenvalue weighted by molar-refractivity contribution is 5.95. The molecule has 0 aliphatic carbocycles. The Morgan fingerprint density at radius 1 is 1.16 bits per heavy atom. The largest absolute Gasteiger partial charge is 0.481 e. The smallest absolute Gasteiger partial charge is 0.305 e. The third kappa shape index (κ3) is 6.73. The zero-order valence-corrected chi connectivity index (χ0v) is 18.6. The predicted octanol–water partition coefficient (Wildman–Crippen LogP) is 2.87. The molecule has 174 valence electrons. The summed E-state index contributed by atoms with van der Waals surface area (Å²) in [6.45, 7) is 7.48. The van der Waals surface area contributed by atoms with Crippen LogP contribution in [0, 0.1) is 5.82 Å². The number of carbonyl (C=O) groups is 2. The van der Waals surface area contributed by atoms with Gasteiger partial charge in [-0.15, -0.1) is 0 Å². The molecule has 0 saturated heterocycles. The van der Waals surface area contributed by atoms with Crippen molar-refractivity contribution in [2.24, 2.45) is 0 Å². The van der Waals surface area contributed by atoms with Gasteiger partial charge in [-0.05, 0) is 50.1 Å². The summed E-state index contributed by atoms with van der Waals surface area (Å²) in [5.74, 6) is -2.03. The lowest BCUT2D eigenvalue weighted by Crippen LogP contribution is -2.31. The second-order valence-corrected chi connectivity index (χ2v) is 8.23. The standard InChI is InChI=1S/C23H30FN3O5/c1-13(2)21-19(10-9-17(28)11-18(29)12-20(30)31)27(16-7-5-15(24)6-8-16)26-22(21)23(32)25-14(3)4/h5-10,13-14,17-18,28-29H,11-12H2,1-4H3,(H,25,32)(H,30,31)/b10-9+/t17-,18-/m1/s1. The molecule has 2 atom stereocenters. The van der Waals surface area contributed by atoms with Crippen LogP contribution in [0.2, 0.25) is 0 Å². The summed E-state index contributed by atoms with van der Waals surface area (Å²) in [5.41, 5.74) is 1.91. The van der Waals surface area contributed by atoms with Gasteiger partial charge < -0.3 is 20.6 Å². The molecule has 1 aromatic heterocycles. The number of nitrogens with zero attached hydrogens (tertiary/aromatic N) is 2. The van der Waals surface area contributed by atoms with Crippen molar-refractivity contribution >= 4 is 18.0 Å². The molecule has 0 unspecified atom stereocenters. The minimum absolute atomic E-state index is 0.102. The van der Waals surface area contributed by atoms with Crippen LogP contribution in [0.1, 0.15) is 68.2 Å². The van der Waals surface area contributed by atoms with E-state index >= 15 is 0 Å². The van der Waals surface area contributed by atoms with Crippen LogP contribution in [0.3, 0.4) is 0 Å². The van der Waals surface area contributed by atoms with Crippen LogP contribution in [0.5, 0.6) is 0 Å². The van der Waals surface area contributed by atoms with E-state index < -0.39 is 30.4 Å². The van der Waals surface area contributed by atoms with E-state index in [0.29, 0.717) is 16.9 Å². The van der Waals surface area contributed by atoms with Crippen molar-refractivity contribution in [1.29, 1.82) is 0 Å². The molecule has 0 spiro atoms. The van der Waals surface area contributed by atoms with Crippen LogP contribution in [0.4, 0.5) is 4.39 Å². The number of carboxylic acid groups (broad SMARTS) is 1. The maximum absolute atomic E-state index is 13.4. The van der Waals surface area contributed by atoms with Crippen molar-refractivity contribution in [3.63, 3.8) is 0 Å². The number of hydrogen-bond acceptors (Lipinski definition) is 5. The highest BCUT2D eigenvalue weighted by Gasteiger charge is 2.25. The van der Waals surface area contributed by atoms with Gasteiger partial charge in [-0.3, -0.25) is 9.59 Å². The molecule has 0 aliphatic heterocycles. The minimum Gasteiger partial charge on any atom is -0.481 e. The Morgan fingerprint density at radius 3 is 2.31 bits per heavy atom. The minimum atomic E-state index is -1.20. The summed E-state index contributed by atoms with van der Waals surface area (Å²) in [7, 11) is 0. The van der Waals surface area contributed by atoms with E-state index in [1.165, 1.54) is 35.0 Å². The van der Waals surface area contributed by atoms with Crippen LogP contribution in [0.15, 0.2) is 30.3 Å². The Morgan fingerprint density at radius 2 is 1.78 bits per heavy atom. The van der Waals surface area contributed by atoms with Crippen LogP contribution < -0.4 is 5.32 Å². The number of carboxylic acids is 1. The molecule has 0 bridgehead atoms. The molecule has 8 nitrogen and oxygen atoms in total. The first kappa shape index (κ1) is 25.2. The van der Waals surface area contributed by atoms with Crippen molar-refractivity contribution in [1.82, 2.24) is 15.1 Å². The molecule has 9 heteroatoms. The molecule has 0 fully saturated rings. The van der Waals surface area contributed by atoms with Crippen LogP contribution in [-0.2, 0) is 4.79 Å². The number of aliphatic hydroxyl groups excluding tert-OH is 2. The van der Waals surface area contributed by atoms with Crippen molar-refractivity contribution in [2.45, 2.75) is 64.7 Å². The van der Waals surface area contributed by atoms with E-state index in [2.05, 4.69) is 10.4 Å². The molecular weight excluding hydrogens is 417 g/mol. The van der Waals surface area contributed by atoms with E-state index in [1.54, 1.807) is 6.08 Å². The number of hydrogen-bond donors (Lipinski definition) is 4. The molecule has 1 amide bonds. The number of aliphatic hydroxyl groups is 2. The third-order valence-corrected chi connectivity index (χ3v) is 4.64. The predicted molar refractivity (Wildman–Crippen MR) is 118 cm³/mol. The second-order valence-electron chi connectivity index (χ2n) is 8.23. The molecule has 2 rings (SSSR count). The molecule has 0 radical (unpaired) electrons.